The number of methoxy groups -OCH3 is 1. The minimum Gasteiger partial charge on any atom is -0.496 e. The van der Waals surface area contributed by atoms with E-state index in [1.54, 1.807) is 19.4 Å². The lowest BCUT2D eigenvalue weighted by molar-refractivity contribution is 0.221. The predicted octanol–water partition coefficient (Wildman–Crippen LogP) is 4.58. The molecule has 0 atom stereocenters. The Labute approximate surface area is 153 Å². The van der Waals surface area contributed by atoms with Gasteiger partial charge in [-0.25, -0.2) is 9.37 Å². The van der Waals surface area contributed by atoms with Crippen LogP contribution >= 0.6 is 0 Å². The zero-order chi connectivity index (χ0) is 18.1. The van der Waals surface area contributed by atoms with Crippen molar-refractivity contribution in [3.8, 4) is 16.9 Å². The van der Waals surface area contributed by atoms with Crippen molar-refractivity contribution < 1.29 is 9.13 Å². The van der Waals surface area contributed by atoms with E-state index in [-0.39, 0.29) is 5.82 Å². The number of halogens is 1. The standard InChI is InChI=1S/C21H24FN3O/c1-3-25-10-7-14(8-11-25)19-13-18-16(6-9-23-21(18)24-19)17-12-15(22)4-5-20(17)26-2/h4-6,9,12-14H,3,7-8,10-11H2,1-2H3,(H,23,24). The highest BCUT2D eigenvalue weighted by atomic mass is 19.1. The third-order valence-electron chi connectivity index (χ3n) is 5.48. The number of likely N-dealkylation sites (tertiary alicyclic amines) is 1. The average molecular weight is 353 g/mol. The lowest BCUT2D eigenvalue weighted by Gasteiger charge is -2.30. The van der Waals surface area contributed by atoms with Crippen molar-refractivity contribution in [3.05, 3.63) is 48.0 Å². The number of rotatable bonds is 4. The second kappa shape index (κ2) is 7.08. The molecule has 4 nitrogen and oxygen atoms in total. The van der Waals surface area contributed by atoms with Gasteiger partial charge in [0.2, 0.25) is 0 Å². The fraction of sp³-hybridized carbons (Fsp3) is 0.381. The van der Waals surface area contributed by atoms with Gasteiger partial charge >= 0.3 is 0 Å². The first-order chi connectivity index (χ1) is 12.7. The maximum Gasteiger partial charge on any atom is 0.138 e. The van der Waals surface area contributed by atoms with Crippen molar-refractivity contribution in [2.24, 2.45) is 0 Å². The number of aromatic amines is 1. The van der Waals surface area contributed by atoms with Crippen LogP contribution in [0.3, 0.4) is 0 Å². The summed E-state index contributed by atoms with van der Waals surface area (Å²) in [7, 11) is 1.61. The Morgan fingerprint density at radius 3 is 2.73 bits per heavy atom. The molecule has 0 radical (unpaired) electrons. The zero-order valence-electron chi connectivity index (χ0n) is 15.3. The predicted molar refractivity (Wildman–Crippen MR) is 102 cm³/mol. The first kappa shape index (κ1) is 17.0. The van der Waals surface area contributed by atoms with E-state index in [4.69, 9.17) is 4.74 Å². The minimum atomic E-state index is -0.270. The van der Waals surface area contributed by atoms with Crippen molar-refractivity contribution in [2.45, 2.75) is 25.7 Å². The number of pyridine rings is 1. The molecular weight excluding hydrogens is 329 g/mol. The van der Waals surface area contributed by atoms with E-state index in [0.29, 0.717) is 11.7 Å². The van der Waals surface area contributed by atoms with E-state index in [1.165, 1.54) is 17.8 Å². The van der Waals surface area contributed by atoms with E-state index in [1.807, 2.05) is 6.07 Å². The molecule has 0 unspecified atom stereocenters. The fourth-order valence-electron chi connectivity index (χ4n) is 3.95. The number of nitrogens with zero attached hydrogens (tertiary/aromatic N) is 2. The Kier molecular flexibility index (Phi) is 4.64. The Balaban J connectivity index is 1.74. The number of ether oxygens (including phenoxy) is 1. The largest absolute Gasteiger partial charge is 0.496 e. The molecule has 1 fully saturated rings. The molecule has 1 aromatic carbocycles. The zero-order valence-corrected chi connectivity index (χ0v) is 15.3. The average Bonchev–Trinajstić information content (AvgIpc) is 3.12. The van der Waals surface area contributed by atoms with Gasteiger partial charge in [-0.05, 0) is 68.4 Å². The highest BCUT2D eigenvalue weighted by Crippen LogP contribution is 2.37. The van der Waals surface area contributed by atoms with Crippen LogP contribution in [0.15, 0.2) is 36.5 Å². The molecule has 0 saturated carbocycles. The number of nitrogens with one attached hydrogen (secondary N) is 1. The summed E-state index contributed by atoms with van der Waals surface area (Å²) in [6.45, 7) is 5.60. The van der Waals surface area contributed by atoms with Crippen LogP contribution in [0.2, 0.25) is 0 Å². The third-order valence-corrected chi connectivity index (χ3v) is 5.48. The van der Waals surface area contributed by atoms with Gasteiger partial charge in [-0.3, -0.25) is 0 Å². The quantitative estimate of drug-likeness (QED) is 0.747. The fourth-order valence-corrected chi connectivity index (χ4v) is 3.95. The molecule has 4 rings (SSSR count). The molecule has 0 bridgehead atoms. The van der Waals surface area contributed by atoms with E-state index < -0.39 is 0 Å². The second-order valence-corrected chi connectivity index (χ2v) is 6.90. The molecule has 1 N–H and O–H groups in total. The SMILES string of the molecule is CCN1CCC(c2cc3c(-c4cc(F)ccc4OC)ccnc3[nH]2)CC1. The molecule has 0 amide bonds. The molecular formula is C21H24FN3O. The maximum absolute atomic E-state index is 13.9. The first-order valence-electron chi connectivity index (χ1n) is 9.23. The number of aromatic nitrogens is 2. The van der Waals surface area contributed by atoms with Gasteiger partial charge < -0.3 is 14.6 Å². The normalized spacial score (nSPS) is 16.3. The number of fused-ring (bicyclic) bond motifs is 1. The number of hydrogen-bond donors (Lipinski definition) is 1. The summed E-state index contributed by atoms with van der Waals surface area (Å²) in [6.07, 6.45) is 4.07. The van der Waals surface area contributed by atoms with Gasteiger partial charge in [-0.2, -0.15) is 0 Å². The van der Waals surface area contributed by atoms with Crippen molar-refractivity contribution in [3.63, 3.8) is 0 Å². The summed E-state index contributed by atoms with van der Waals surface area (Å²) in [6, 6.07) is 8.74. The summed E-state index contributed by atoms with van der Waals surface area (Å²) in [5.74, 6) is 0.917. The first-order valence-corrected chi connectivity index (χ1v) is 9.23. The van der Waals surface area contributed by atoms with E-state index in [2.05, 4.69) is 27.9 Å². The Morgan fingerprint density at radius 2 is 2.00 bits per heavy atom. The highest BCUT2D eigenvalue weighted by molar-refractivity contribution is 5.95. The van der Waals surface area contributed by atoms with Crippen molar-refractivity contribution in [2.75, 3.05) is 26.7 Å². The molecule has 1 aliphatic heterocycles. The van der Waals surface area contributed by atoms with Crippen LogP contribution in [0.4, 0.5) is 4.39 Å². The maximum atomic E-state index is 13.9. The van der Waals surface area contributed by atoms with E-state index >= 15 is 0 Å². The highest BCUT2D eigenvalue weighted by Gasteiger charge is 2.22. The Hall–Kier alpha value is -2.40. The number of piperidine rings is 1. The molecule has 1 saturated heterocycles. The summed E-state index contributed by atoms with van der Waals surface area (Å²) >= 11 is 0. The summed E-state index contributed by atoms with van der Waals surface area (Å²) in [4.78, 5) is 10.5. The van der Waals surface area contributed by atoms with Gasteiger partial charge in [-0.15, -0.1) is 0 Å². The van der Waals surface area contributed by atoms with Crippen LogP contribution in [0.25, 0.3) is 22.2 Å². The van der Waals surface area contributed by atoms with Crippen molar-refractivity contribution >= 4 is 11.0 Å². The molecule has 136 valence electrons. The minimum absolute atomic E-state index is 0.270. The molecule has 3 heterocycles. The van der Waals surface area contributed by atoms with Crippen molar-refractivity contribution in [1.82, 2.24) is 14.9 Å². The second-order valence-electron chi connectivity index (χ2n) is 6.90. The number of benzene rings is 1. The van der Waals surface area contributed by atoms with Crippen LogP contribution in [0, 0.1) is 5.82 Å². The topological polar surface area (TPSA) is 41.1 Å². The Morgan fingerprint density at radius 1 is 1.19 bits per heavy atom. The summed E-state index contributed by atoms with van der Waals surface area (Å²) in [5.41, 5.74) is 3.78. The number of H-pyrrole nitrogens is 1. The third kappa shape index (κ3) is 3.07. The molecule has 5 heteroatoms. The van der Waals surface area contributed by atoms with Gasteiger partial charge in [0, 0.05) is 28.8 Å². The van der Waals surface area contributed by atoms with Crippen LogP contribution in [0.1, 0.15) is 31.4 Å². The van der Waals surface area contributed by atoms with Gasteiger partial charge in [0.25, 0.3) is 0 Å². The smallest absolute Gasteiger partial charge is 0.138 e. The molecule has 0 spiro atoms. The molecule has 1 aliphatic rings. The molecule has 2 aromatic heterocycles. The molecule has 26 heavy (non-hydrogen) atoms. The van der Waals surface area contributed by atoms with Gasteiger partial charge in [0.1, 0.15) is 17.2 Å². The van der Waals surface area contributed by atoms with Crippen LogP contribution in [-0.2, 0) is 0 Å². The van der Waals surface area contributed by atoms with Crippen LogP contribution < -0.4 is 4.74 Å². The van der Waals surface area contributed by atoms with Gasteiger partial charge in [0.15, 0.2) is 0 Å². The summed E-state index contributed by atoms with van der Waals surface area (Å²) < 4.78 is 19.3. The Bertz CT molecular complexity index is 913. The molecule has 3 aromatic rings. The van der Waals surface area contributed by atoms with Gasteiger partial charge in [0.05, 0.1) is 7.11 Å². The monoisotopic (exact) mass is 353 g/mol. The lowest BCUT2D eigenvalue weighted by atomic mass is 9.93. The number of hydrogen-bond acceptors (Lipinski definition) is 3. The van der Waals surface area contributed by atoms with Crippen LogP contribution in [0.5, 0.6) is 5.75 Å². The van der Waals surface area contributed by atoms with Gasteiger partial charge in [-0.1, -0.05) is 6.92 Å². The molecule has 0 aliphatic carbocycles. The lowest BCUT2D eigenvalue weighted by Crippen LogP contribution is -2.32. The van der Waals surface area contributed by atoms with E-state index in [0.717, 1.165) is 54.6 Å². The van der Waals surface area contributed by atoms with Crippen LogP contribution in [-0.4, -0.2) is 41.6 Å². The van der Waals surface area contributed by atoms with Crippen molar-refractivity contribution in [1.29, 1.82) is 0 Å². The van der Waals surface area contributed by atoms with E-state index in [9.17, 15) is 4.39 Å². The summed E-state index contributed by atoms with van der Waals surface area (Å²) in [5, 5.41) is 1.02.